The van der Waals surface area contributed by atoms with Crippen LogP contribution < -0.4 is 5.73 Å². The van der Waals surface area contributed by atoms with Crippen molar-refractivity contribution in [2.75, 3.05) is 5.73 Å². The normalized spacial score (nSPS) is 11.8. The van der Waals surface area contributed by atoms with Gasteiger partial charge < -0.3 is 10.3 Å². The molecule has 0 unspecified atom stereocenters. The van der Waals surface area contributed by atoms with E-state index >= 15 is 0 Å². The number of rotatable bonds is 2. The third-order valence-corrected chi connectivity index (χ3v) is 2.75. The summed E-state index contributed by atoms with van der Waals surface area (Å²) in [6.45, 7) is 3.67. The lowest BCUT2D eigenvalue weighted by atomic mass is 10.0. The number of halogens is 3. The second-order valence-corrected chi connectivity index (χ2v) is 4.32. The smallest absolute Gasteiger partial charge is 0.396 e. The Kier molecular flexibility index (Phi) is 3.21. The lowest BCUT2D eigenvalue weighted by Crippen LogP contribution is -2.12. The molecule has 0 fully saturated rings. The molecule has 0 aliphatic rings. The summed E-state index contributed by atoms with van der Waals surface area (Å²) in [7, 11) is 0. The standard InChI is InChI=1S/C12H12F3N3O/c1-6-3-8(16)4-9(7(6)2)11-17-10(18-19-11)5-12(13,14)15/h3-4H,5,16H2,1-2H3. The van der Waals surface area contributed by atoms with Crippen molar-refractivity contribution in [1.82, 2.24) is 10.1 Å². The molecule has 19 heavy (non-hydrogen) atoms. The molecule has 0 aliphatic carbocycles. The number of aryl methyl sites for hydroxylation is 1. The number of anilines is 1. The van der Waals surface area contributed by atoms with Crippen LogP contribution in [0.25, 0.3) is 11.5 Å². The maximum absolute atomic E-state index is 12.2. The van der Waals surface area contributed by atoms with E-state index in [4.69, 9.17) is 10.3 Å². The highest BCUT2D eigenvalue weighted by molar-refractivity contribution is 5.66. The fraction of sp³-hybridized carbons (Fsp3) is 0.333. The summed E-state index contributed by atoms with van der Waals surface area (Å²) in [6, 6.07) is 3.37. The van der Waals surface area contributed by atoms with E-state index in [1.807, 2.05) is 13.8 Å². The number of alkyl halides is 3. The van der Waals surface area contributed by atoms with Gasteiger partial charge in [-0.2, -0.15) is 18.2 Å². The molecule has 0 bridgehead atoms. The van der Waals surface area contributed by atoms with Gasteiger partial charge >= 0.3 is 6.18 Å². The number of nitrogens with two attached hydrogens (primary N) is 1. The van der Waals surface area contributed by atoms with Gasteiger partial charge in [-0.3, -0.25) is 0 Å². The number of nitrogens with zero attached hydrogens (tertiary/aromatic N) is 2. The fourth-order valence-corrected chi connectivity index (χ4v) is 1.72. The van der Waals surface area contributed by atoms with Crippen LogP contribution in [0.2, 0.25) is 0 Å². The first-order chi connectivity index (χ1) is 8.76. The van der Waals surface area contributed by atoms with Crippen molar-refractivity contribution in [2.45, 2.75) is 26.4 Å². The van der Waals surface area contributed by atoms with Gasteiger partial charge in [-0.1, -0.05) is 5.16 Å². The highest BCUT2D eigenvalue weighted by Gasteiger charge is 2.30. The summed E-state index contributed by atoms with van der Waals surface area (Å²) in [5, 5.41) is 3.33. The summed E-state index contributed by atoms with van der Waals surface area (Å²) >= 11 is 0. The molecular formula is C12H12F3N3O. The minimum absolute atomic E-state index is 0.0483. The lowest BCUT2D eigenvalue weighted by molar-refractivity contribution is -0.128. The van der Waals surface area contributed by atoms with E-state index in [0.717, 1.165) is 11.1 Å². The van der Waals surface area contributed by atoms with Crippen molar-refractivity contribution >= 4 is 5.69 Å². The van der Waals surface area contributed by atoms with E-state index in [9.17, 15) is 13.2 Å². The molecule has 1 aromatic carbocycles. The third kappa shape index (κ3) is 3.04. The van der Waals surface area contributed by atoms with Gasteiger partial charge in [0.1, 0.15) is 6.42 Å². The number of hydrogen-bond donors (Lipinski definition) is 1. The summed E-state index contributed by atoms with van der Waals surface area (Å²) in [5.74, 6) is -0.339. The Morgan fingerprint density at radius 2 is 1.95 bits per heavy atom. The van der Waals surface area contributed by atoms with Crippen LogP contribution in [-0.2, 0) is 6.42 Å². The van der Waals surface area contributed by atoms with Crippen LogP contribution in [0, 0.1) is 13.8 Å². The molecule has 0 spiro atoms. The molecule has 1 heterocycles. The molecule has 0 aliphatic heterocycles. The van der Waals surface area contributed by atoms with Crippen molar-refractivity contribution in [3.05, 3.63) is 29.1 Å². The molecule has 2 N–H and O–H groups in total. The Bertz CT molecular complexity index is 605. The number of benzene rings is 1. The van der Waals surface area contributed by atoms with Crippen LogP contribution in [0.5, 0.6) is 0 Å². The monoisotopic (exact) mass is 271 g/mol. The Labute approximate surface area is 107 Å². The third-order valence-electron chi connectivity index (χ3n) is 2.75. The molecule has 0 saturated carbocycles. The predicted molar refractivity (Wildman–Crippen MR) is 63.4 cm³/mol. The summed E-state index contributed by atoms with van der Waals surface area (Å²) < 4.78 is 41.5. The van der Waals surface area contributed by atoms with Gasteiger partial charge in [0, 0.05) is 11.3 Å². The highest BCUT2D eigenvalue weighted by Crippen LogP contribution is 2.28. The van der Waals surface area contributed by atoms with Crippen molar-refractivity contribution in [3.8, 4) is 11.5 Å². The molecule has 0 radical (unpaired) electrons. The highest BCUT2D eigenvalue weighted by atomic mass is 19.4. The Balaban J connectivity index is 2.38. The average molecular weight is 271 g/mol. The minimum Gasteiger partial charge on any atom is -0.399 e. The van der Waals surface area contributed by atoms with E-state index in [1.165, 1.54) is 0 Å². The molecule has 4 nitrogen and oxygen atoms in total. The molecule has 7 heteroatoms. The zero-order valence-electron chi connectivity index (χ0n) is 10.4. The van der Waals surface area contributed by atoms with Crippen molar-refractivity contribution in [1.29, 1.82) is 0 Å². The summed E-state index contributed by atoms with van der Waals surface area (Å²) in [5.41, 5.74) is 8.50. The van der Waals surface area contributed by atoms with Gasteiger partial charge in [0.25, 0.3) is 5.89 Å². The Hall–Kier alpha value is -2.05. The summed E-state index contributed by atoms with van der Waals surface area (Å²) in [4.78, 5) is 3.76. The molecule has 102 valence electrons. The van der Waals surface area contributed by atoms with Gasteiger partial charge in [0.15, 0.2) is 5.82 Å². The Morgan fingerprint density at radius 3 is 2.58 bits per heavy atom. The van der Waals surface area contributed by atoms with Gasteiger partial charge in [0.05, 0.1) is 0 Å². The van der Waals surface area contributed by atoms with Crippen LogP contribution in [0.1, 0.15) is 17.0 Å². The number of aromatic nitrogens is 2. The zero-order valence-corrected chi connectivity index (χ0v) is 10.4. The SMILES string of the molecule is Cc1cc(N)cc(-c2nc(CC(F)(F)F)no2)c1C. The zero-order chi connectivity index (χ0) is 14.2. The fourth-order valence-electron chi connectivity index (χ4n) is 1.72. The predicted octanol–water partition coefficient (Wildman–Crippen LogP) is 3.04. The molecular weight excluding hydrogens is 259 g/mol. The quantitative estimate of drug-likeness (QED) is 0.852. The average Bonchev–Trinajstić information content (AvgIpc) is 2.69. The Morgan fingerprint density at radius 1 is 1.26 bits per heavy atom. The van der Waals surface area contributed by atoms with Crippen molar-refractivity contribution in [2.24, 2.45) is 0 Å². The molecule has 2 rings (SSSR count). The van der Waals surface area contributed by atoms with E-state index in [-0.39, 0.29) is 11.7 Å². The molecule has 0 saturated heterocycles. The van der Waals surface area contributed by atoms with Gasteiger partial charge in [0.2, 0.25) is 0 Å². The second-order valence-electron chi connectivity index (χ2n) is 4.32. The maximum Gasteiger partial charge on any atom is 0.396 e. The lowest BCUT2D eigenvalue weighted by Gasteiger charge is -2.06. The van der Waals surface area contributed by atoms with Crippen LogP contribution in [0.4, 0.5) is 18.9 Å². The second kappa shape index (κ2) is 4.56. The first kappa shape index (κ1) is 13.4. The van der Waals surface area contributed by atoms with E-state index in [1.54, 1.807) is 12.1 Å². The topological polar surface area (TPSA) is 64.9 Å². The van der Waals surface area contributed by atoms with E-state index in [0.29, 0.717) is 11.3 Å². The van der Waals surface area contributed by atoms with Crippen LogP contribution in [0.15, 0.2) is 16.7 Å². The molecule has 2 aromatic rings. The van der Waals surface area contributed by atoms with Crippen molar-refractivity contribution in [3.63, 3.8) is 0 Å². The van der Waals surface area contributed by atoms with Crippen LogP contribution in [-0.4, -0.2) is 16.3 Å². The molecule has 1 aromatic heterocycles. The van der Waals surface area contributed by atoms with E-state index < -0.39 is 12.6 Å². The van der Waals surface area contributed by atoms with Crippen LogP contribution >= 0.6 is 0 Å². The summed E-state index contributed by atoms with van der Waals surface area (Å²) in [6.07, 6.45) is -5.57. The van der Waals surface area contributed by atoms with Gasteiger partial charge in [-0.15, -0.1) is 0 Å². The minimum atomic E-state index is -4.36. The van der Waals surface area contributed by atoms with Gasteiger partial charge in [-0.05, 0) is 37.1 Å². The maximum atomic E-state index is 12.2. The number of hydrogen-bond acceptors (Lipinski definition) is 4. The van der Waals surface area contributed by atoms with Crippen LogP contribution in [0.3, 0.4) is 0 Å². The number of nitrogen functional groups attached to an aromatic ring is 1. The molecule has 0 amide bonds. The largest absolute Gasteiger partial charge is 0.399 e. The van der Waals surface area contributed by atoms with Gasteiger partial charge in [-0.25, -0.2) is 0 Å². The van der Waals surface area contributed by atoms with E-state index in [2.05, 4.69) is 10.1 Å². The molecule has 0 atom stereocenters. The first-order valence-electron chi connectivity index (χ1n) is 5.52. The van der Waals surface area contributed by atoms with Crippen molar-refractivity contribution < 1.29 is 17.7 Å². The first-order valence-corrected chi connectivity index (χ1v) is 5.52.